The van der Waals surface area contributed by atoms with Crippen LogP contribution < -0.4 is 5.32 Å². The van der Waals surface area contributed by atoms with Crippen molar-refractivity contribution in [3.63, 3.8) is 0 Å². The van der Waals surface area contributed by atoms with E-state index >= 15 is 0 Å². The standard InChI is InChI=1S/C16H18FN3/c1-18-15(12-8-13(17)10-19-9-12)14-6-2-4-11-5-3-7-20-16(11)14/h3,5,7-10,14-15,18H,2,4,6H2,1H3. The molecule has 4 heteroatoms. The number of halogens is 1. The molecule has 1 aliphatic carbocycles. The van der Waals surface area contributed by atoms with Crippen LogP contribution >= 0.6 is 0 Å². The zero-order valence-corrected chi connectivity index (χ0v) is 11.5. The van der Waals surface area contributed by atoms with E-state index in [0.717, 1.165) is 30.5 Å². The van der Waals surface area contributed by atoms with Crippen LogP contribution in [0.1, 0.15) is 41.6 Å². The number of pyridine rings is 2. The Morgan fingerprint density at radius 3 is 3.10 bits per heavy atom. The molecule has 2 atom stereocenters. The third-order valence-corrected chi connectivity index (χ3v) is 4.04. The molecule has 0 saturated carbocycles. The van der Waals surface area contributed by atoms with Crippen molar-refractivity contribution in [2.45, 2.75) is 31.2 Å². The lowest BCUT2D eigenvalue weighted by Crippen LogP contribution is -2.27. The van der Waals surface area contributed by atoms with E-state index in [0.29, 0.717) is 0 Å². The molecule has 2 aromatic heterocycles. The van der Waals surface area contributed by atoms with E-state index < -0.39 is 0 Å². The molecule has 2 aromatic rings. The van der Waals surface area contributed by atoms with Crippen molar-refractivity contribution >= 4 is 0 Å². The summed E-state index contributed by atoms with van der Waals surface area (Å²) in [5.74, 6) is -0.0200. The van der Waals surface area contributed by atoms with Crippen LogP contribution in [-0.4, -0.2) is 17.0 Å². The van der Waals surface area contributed by atoms with Crippen molar-refractivity contribution < 1.29 is 4.39 Å². The van der Waals surface area contributed by atoms with Gasteiger partial charge in [0.25, 0.3) is 0 Å². The number of fused-ring (bicyclic) bond motifs is 1. The van der Waals surface area contributed by atoms with Gasteiger partial charge in [0, 0.05) is 30.0 Å². The molecule has 1 N–H and O–H groups in total. The van der Waals surface area contributed by atoms with Gasteiger partial charge in [-0.3, -0.25) is 9.97 Å². The molecule has 0 amide bonds. The molecule has 0 bridgehead atoms. The Bertz CT molecular complexity index is 600. The Balaban J connectivity index is 1.99. The fourth-order valence-corrected chi connectivity index (χ4v) is 3.17. The van der Waals surface area contributed by atoms with Gasteiger partial charge in [0.2, 0.25) is 0 Å². The van der Waals surface area contributed by atoms with E-state index in [1.807, 2.05) is 19.3 Å². The minimum Gasteiger partial charge on any atom is -0.312 e. The topological polar surface area (TPSA) is 37.8 Å². The Labute approximate surface area is 118 Å². The first-order valence-electron chi connectivity index (χ1n) is 7.01. The van der Waals surface area contributed by atoms with Crippen molar-refractivity contribution in [3.05, 3.63) is 59.4 Å². The average molecular weight is 271 g/mol. The fraction of sp³-hybridized carbons (Fsp3) is 0.375. The molecule has 104 valence electrons. The normalized spacial score (nSPS) is 19.4. The molecule has 0 aromatic carbocycles. The van der Waals surface area contributed by atoms with Crippen LogP contribution in [0.4, 0.5) is 4.39 Å². The molecule has 0 aliphatic heterocycles. The zero-order chi connectivity index (χ0) is 13.9. The molecular formula is C16H18FN3. The number of hydrogen-bond donors (Lipinski definition) is 1. The van der Waals surface area contributed by atoms with Gasteiger partial charge in [0.05, 0.1) is 6.20 Å². The maximum absolute atomic E-state index is 13.4. The summed E-state index contributed by atoms with van der Waals surface area (Å²) >= 11 is 0. The van der Waals surface area contributed by atoms with Crippen LogP contribution in [-0.2, 0) is 6.42 Å². The molecule has 2 unspecified atom stereocenters. The molecule has 20 heavy (non-hydrogen) atoms. The lowest BCUT2D eigenvalue weighted by atomic mass is 9.80. The Kier molecular flexibility index (Phi) is 3.74. The SMILES string of the molecule is CNC(c1cncc(F)c1)C1CCCc2cccnc21. The van der Waals surface area contributed by atoms with Crippen LogP contribution in [0.15, 0.2) is 36.8 Å². The molecule has 0 fully saturated rings. The molecule has 0 saturated heterocycles. The van der Waals surface area contributed by atoms with Crippen LogP contribution in [0, 0.1) is 5.82 Å². The second-order valence-corrected chi connectivity index (χ2v) is 5.25. The summed E-state index contributed by atoms with van der Waals surface area (Å²) in [7, 11) is 1.91. The third-order valence-electron chi connectivity index (χ3n) is 4.04. The van der Waals surface area contributed by atoms with Crippen molar-refractivity contribution in [2.24, 2.45) is 0 Å². The van der Waals surface area contributed by atoms with Crippen LogP contribution in [0.3, 0.4) is 0 Å². The number of aromatic nitrogens is 2. The average Bonchev–Trinajstić information content (AvgIpc) is 2.48. The van der Waals surface area contributed by atoms with Crippen molar-refractivity contribution in [1.29, 1.82) is 0 Å². The smallest absolute Gasteiger partial charge is 0.141 e. The van der Waals surface area contributed by atoms with E-state index in [1.54, 1.807) is 12.3 Å². The summed E-state index contributed by atoms with van der Waals surface area (Å²) in [4.78, 5) is 8.53. The van der Waals surface area contributed by atoms with Gasteiger partial charge in [-0.05, 0) is 49.6 Å². The lowest BCUT2D eigenvalue weighted by Gasteiger charge is -2.31. The van der Waals surface area contributed by atoms with Crippen LogP contribution in [0.2, 0.25) is 0 Å². The monoisotopic (exact) mass is 271 g/mol. The summed E-state index contributed by atoms with van der Waals surface area (Å²) in [6.07, 6.45) is 8.10. The van der Waals surface area contributed by atoms with Gasteiger partial charge in [-0.25, -0.2) is 4.39 Å². The molecule has 3 nitrogen and oxygen atoms in total. The number of nitrogens with zero attached hydrogens (tertiary/aromatic N) is 2. The first-order chi connectivity index (χ1) is 9.79. The minimum atomic E-state index is -0.292. The highest BCUT2D eigenvalue weighted by molar-refractivity contribution is 5.30. The van der Waals surface area contributed by atoms with Gasteiger partial charge < -0.3 is 5.32 Å². The van der Waals surface area contributed by atoms with Crippen molar-refractivity contribution in [2.75, 3.05) is 7.05 Å². The lowest BCUT2D eigenvalue weighted by molar-refractivity contribution is 0.413. The number of hydrogen-bond acceptors (Lipinski definition) is 3. The Hall–Kier alpha value is -1.81. The number of nitrogens with one attached hydrogen (secondary N) is 1. The van der Waals surface area contributed by atoms with Gasteiger partial charge in [0.15, 0.2) is 0 Å². The van der Waals surface area contributed by atoms with E-state index in [-0.39, 0.29) is 17.8 Å². The second kappa shape index (κ2) is 5.67. The molecule has 3 rings (SSSR count). The summed E-state index contributed by atoms with van der Waals surface area (Å²) < 4.78 is 13.4. The Morgan fingerprint density at radius 1 is 1.40 bits per heavy atom. The number of likely N-dealkylation sites (N-methyl/N-ethyl adjacent to an activating group) is 1. The summed E-state index contributed by atoms with van der Waals surface area (Å²) in [5.41, 5.74) is 3.34. The van der Waals surface area contributed by atoms with Crippen molar-refractivity contribution in [3.8, 4) is 0 Å². The number of aryl methyl sites for hydroxylation is 1. The highest BCUT2D eigenvalue weighted by Gasteiger charge is 2.29. The van der Waals surface area contributed by atoms with Gasteiger partial charge in [-0.2, -0.15) is 0 Å². The van der Waals surface area contributed by atoms with E-state index in [9.17, 15) is 4.39 Å². The first-order valence-corrected chi connectivity index (χ1v) is 7.01. The van der Waals surface area contributed by atoms with Gasteiger partial charge in [-0.1, -0.05) is 6.07 Å². The largest absolute Gasteiger partial charge is 0.312 e. The molecule has 1 aliphatic rings. The van der Waals surface area contributed by atoms with E-state index in [1.165, 1.54) is 11.8 Å². The maximum atomic E-state index is 13.4. The van der Waals surface area contributed by atoms with Gasteiger partial charge in [0.1, 0.15) is 5.82 Å². The molecule has 0 radical (unpaired) electrons. The minimum absolute atomic E-state index is 0.0483. The Morgan fingerprint density at radius 2 is 2.30 bits per heavy atom. The quantitative estimate of drug-likeness (QED) is 0.932. The summed E-state index contributed by atoms with van der Waals surface area (Å²) in [5, 5.41) is 3.31. The molecular weight excluding hydrogens is 253 g/mol. The predicted octanol–water partition coefficient (Wildman–Crippen LogP) is 3.00. The first kappa shape index (κ1) is 13.2. The highest BCUT2D eigenvalue weighted by atomic mass is 19.1. The third kappa shape index (κ3) is 2.43. The summed E-state index contributed by atoms with van der Waals surface area (Å²) in [6.45, 7) is 0. The van der Waals surface area contributed by atoms with Gasteiger partial charge >= 0.3 is 0 Å². The zero-order valence-electron chi connectivity index (χ0n) is 11.5. The maximum Gasteiger partial charge on any atom is 0.141 e. The molecule has 0 spiro atoms. The fourth-order valence-electron chi connectivity index (χ4n) is 3.17. The molecule has 2 heterocycles. The van der Waals surface area contributed by atoms with Crippen LogP contribution in [0.25, 0.3) is 0 Å². The van der Waals surface area contributed by atoms with E-state index in [2.05, 4.69) is 21.4 Å². The van der Waals surface area contributed by atoms with Gasteiger partial charge in [-0.15, -0.1) is 0 Å². The summed E-state index contributed by atoms with van der Waals surface area (Å²) in [6, 6.07) is 5.74. The predicted molar refractivity (Wildman–Crippen MR) is 75.9 cm³/mol. The second-order valence-electron chi connectivity index (χ2n) is 5.25. The van der Waals surface area contributed by atoms with E-state index in [4.69, 9.17) is 0 Å². The highest BCUT2D eigenvalue weighted by Crippen LogP contribution is 2.38. The number of rotatable bonds is 3. The van der Waals surface area contributed by atoms with Crippen LogP contribution in [0.5, 0.6) is 0 Å². The van der Waals surface area contributed by atoms with Crippen molar-refractivity contribution in [1.82, 2.24) is 15.3 Å².